The van der Waals surface area contributed by atoms with E-state index in [1.807, 2.05) is 49.4 Å². The molecule has 1 aromatic heterocycles. The van der Waals surface area contributed by atoms with Crippen molar-refractivity contribution < 1.29 is 19.0 Å². The van der Waals surface area contributed by atoms with Crippen molar-refractivity contribution in [1.29, 1.82) is 0 Å². The van der Waals surface area contributed by atoms with Gasteiger partial charge in [-0.25, -0.2) is 4.68 Å². The van der Waals surface area contributed by atoms with Gasteiger partial charge in [0.15, 0.2) is 11.5 Å². The number of carbonyl (C=O) groups excluding carboxylic acids is 1. The number of aromatic nitrogens is 3. The van der Waals surface area contributed by atoms with Gasteiger partial charge in [-0.15, -0.1) is 0 Å². The van der Waals surface area contributed by atoms with Crippen LogP contribution in [0, 0.1) is 0 Å². The molecule has 0 radical (unpaired) electrons. The van der Waals surface area contributed by atoms with Crippen LogP contribution in [-0.2, 0) is 11.4 Å². The summed E-state index contributed by atoms with van der Waals surface area (Å²) >= 11 is 6.04. The van der Waals surface area contributed by atoms with Crippen molar-refractivity contribution in [2.24, 2.45) is 0 Å². The number of methoxy groups -OCH3 is 2. The number of hydrogen-bond acceptors (Lipinski definition) is 7. The van der Waals surface area contributed by atoms with Crippen LogP contribution < -0.4 is 24.8 Å². The average Bonchev–Trinajstić information content (AvgIpc) is 3.40. The van der Waals surface area contributed by atoms with Crippen LogP contribution in [0.15, 0.2) is 84.3 Å². The molecular weight excluding hydrogens is 506 g/mol. The summed E-state index contributed by atoms with van der Waals surface area (Å²) in [7, 11) is 3.17. The lowest BCUT2D eigenvalue weighted by molar-refractivity contribution is -0.113. The Bertz CT molecular complexity index is 1480. The Hall–Kier alpha value is -4.50. The second-order valence-electron chi connectivity index (χ2n) is 8.57. The maximum absolute atomic E-state index is 13.7. The van der Waals surface area contributed by atoms with Crippen molar-refractivity contribution in [1.82, 2.24) is 14.8 Å². The fourth-order valence-electron chi connectivity index (χ4n) is 4.34. The highest BCUT2D eigenvalue weighted by Crippen LogP contribution is 2.43. The van der Waals surface area contributed by atoms with Gasteiger partial charge in [-0.1, -0.05) is 35.9 Å². The Labute approximate surface area is 225 Å². The molecule has 0 aliphatic carbocycles. The van der Waals surface area contributed by atoms with Gasteiger partial charge in [-0.05, 0) is 55.0 Å². The first-order chi connectivity index (χ1) is 18.5. The number of para-hydroxylation sites is 1. The molecule has 0 saturated carbocycles. The fourth-order valence-corrected chi connectivity index (χ4v) is 4.47. The summed E-state index contributed by atoms with van der Waals surface area (Å²) in [6, 6.07) is 19.5. The lowest BCUT2D eigenvalue weighted by Gasteiger charge is -2.30. The Balaban J connectivity index is 1.54. The summed E-state index contributed by atoms with van der Waals surface area (Å²) in [5.41, 5.74) is 3.37. The Kier molecular flexibility index (Phi) is 7.19. The Morgan fingerprint density at radius 3 is 2.53 bits per heavy atom. The number of rotatable bonds is 8. The zero-order valence-corrected chi connectivity index (χ0v) is 21.8. The predicted octanol–water partition coefficient (Wildman–Crippen LogP) is 5.46. The van der Waals surface area contributed by atoms with Gasteiger partial charge >= 0.3 is 0 Å². The van der Waals surface area contributed by atoms with E-state index in [1.54, 1.807) is 43.2 Å². The van der Waals surface area contributed by atoms with E-state index in [1.165, 1.54) is 6.33 Å². The van der Waals surface area contributed by atoms with E-state index in [0.717, 1.165) is 5.56 Å². The van der Waals surface area contributed by atoms with Gasteiger partial charge in [0, 0.05) is 22.0 Å². The van der Waals surface area contributed by atoms with Gasteiger partial charge in [0.05, 0.1) is 19.8 Å². The number of carbonyl (C=O) groups is 1. The standard InChI is InChI=1S/C28H26ClN5O4/c1-17-24(27(35)33-20-11-13-21(36-2)14-12-20)25(34-28(32-17)30-16-31-34)22-5-4-6-23(37-3)26(22)38-15-18-7-9-19(29)10-8-18/h4-14,16,25H,15H2,1-3H3,(H,33,35)(H,30,31,32)/t25-/m0/s1. The molecule has 1 atom stereocenters. The van der Waals surface area contributed by atoms with Crippen molar-refractivity contribution in [2.75, 3.05) is 24.9 Å². The highest BCUT2D eigenvalue weighted by atomic mass is 35.5. The lowest BCUT2D eigenvalue weighted by Crippen LogP contribution is -2.31. The highest BCUT2D eigenvalue weighted by molar-refractivity contribution is 6.30. The third-order valence-corrected chi connectivity index (χ3v) is 6.46. The summed E-state index contributed by atoms with van der Waals surface area (Å²) < 4.78 is 18.9. The summed E-state index contributed by atoms with van der Waals surface area (Å²) in [6.45, 7) is 2.11. The van der Waals surface area contributed by atoms with Crippen LogP contribution in [0.3, 0.4) is 0 Å². The van der Waals surface area contributed by atoms with Crippen LogP contribution in [0.1, 0.15) is 24.1 Å². The first-order valence-electron chi connectivity index (χ1n) is 11.9. The van der Waals surface area contributed by atoms with E-state index in [4.69, 9.17) is 25.8 Å². The number of benzene rings is 3. The topological polar surface area (TPSA) is 99.5 Å². The molecule has 0 fully saturated rings. The molecule has 3 aromatic carbocycles. The van der Waals surface area contributed by atoms with Gasteiger partial charge < -0.3 is 24.8 Å². The molecular formula is C28H26ClN5O4. The lowest BCUT2D eigenvalue weighted by atomic mass is 9.94. The second kappa shape index (κ2) is 10.9. The molecule has 0 bridgehead atoms. The van der Waals surface area contributed by atoms with Crippen LogP contribution in [0.5, 0.6) is 17.2 Å². The third kappa shape index (κ3) is 5.01. The van der Waals surface area contributed by atoms with Crippen molar-refractivity contribution >= 4 is 29.1 Å². The molecule has 1 aliphatic rings. The largest absolute Gasteiger partial charge is 0.497 e. The fraction of sp³-hybridized carbons (Fsp3) is 0.179. The molecule has 1 aliphatic heterocycles. The molecule has 194 valence electrons. The number of ether oxygens (including phenoxy) is 3. The van der Waals surface area contributed by atoms with E-state index >= 15 is 0 Å². The second-order valence-corrected chi connectivity index (χ2v) is 9.01. The van der Waals surface area contributed by atoms with E-state index in [-0.39, 0.29) is 12.5 Å². The molecule has 2 N–H and O–H groups in total. The normalized spacial score (nSPS) is 14.4. The average molecular weight is 532 g/mol. The van der Waals surface area contributed by atoms with E-state index < -0.39 is 6.04 Å². The molecule has 10 heteroatoms. The molecule has 9 nitrogen and oxygen atoms in total. The van der Waals surface area contributed by atoms with Crippen molar-refractivity contribution in [3.63, 3.8) is 0 Å². The molecule has 0 unspecified atom stereocenters. The molecule has 1 amide bonds. The van der Waals surface area contributed by atoms with Crippen molar-refractivity contribution in [2.45, 2.75) is 19.6 Å². The van der Waals surface area contributed by atoms with Gasteiger partial charge in [0.1, 0.15) is 24.7 Å². The first-order valence-corrected chi connectivity index (χ1v) is 12.2. The quantitative estimate of drug-likeness (QED) is 0.311. The number of fused-ring (bicyclic) bond motifs is 1. The maximum Gasteiger partial charge on any atom is 0.255 e. The number of amides is 1. The number of nitrogens with one attached hydrogen (secondary N) is 2. The van der Waals surface area contributed by atoms with Crippen LogP contribution in [-0.4, -0.2) is 34.9 Å². The van der Waals surface area contributed by atoms with Crippen LogP contribution in [0.25, 0.3) is 0 Å². The molecule has 0 spiro atoms. The number of allylic oxidation sites excluding steroid dienone is 1. The minimum atomic E-state index is -0.637. The number of anilines is 2. The Morgan fingerprint density at radius 2 is 1.82 bits per heavy atom. The predicted molar refractivity (Wildman–Crippen MR) is 145 cm³/mol. The summed E-state index contributed by atoms with van der Waals surface area (Å²) in [6.07, 6.45) is 1.45. The SMILES string of the molecule is COc1ccc(NC(=O)C2=C(C)Nc3ncnn3[C@H]2c2cccc(OC)c2OCc2ccc(Cl)cc2)cc1. The van der Waals surface area contributed by atoms with E-state index in [2.05, 4.69) is 20.7 Å². The molecule has 4 aromatic rings. The van der Waals surface area contributed by atoms with Gasteiger partial charge in [0.2, 0.25) is 5.95 Å². The molecule has 38 heavy (non-hydrogen) atoms. The minimum absolute atomic E-state index is 0.274. The number of hydrogen-bond donors (Lipinski definition) is 2. The van der Waals surface area contributed by atoms with Gasteiger partial charge in [-0.2, -0.15) is 10.1 Å². The smallest absolute Gasteiger partial charge is 0.255 e. The van der Waals surface area contributed by atoms with Crippen LogP contribution >= 0.6 is 11.6 Å². The van der Waals surface area contributed by atoms with Crippen LogP contribution in [0.2, 0.25) is 5.02 Å². The van der Waals surface area contributed by atoms with Crippen molar-refractivity contribution in [3.8, 4) is 17.2 Å². The summed E-state index contributed by atoms with van der Waals surface area (Å²) in [5, 5.41) is 11.3. The number of nitrogens with zero attached hydrogens (tertiary/aromatic N) is 3. The minimum Gasteiger partial charge on any atom is -0.497 e. The first kappa shape index (κ1) is 25.2. The summed E-state index contributed by atoms with van der Waals surface area (Å²) in [5.74, 6) is 1.95. The highest BCUT2D eigenvalue weighted by Gasteiger charge is 2.36. The van der Waals surface area contributed by atoms with Crippen molar-refractivity contribution in [3.05, 3.63) is 100 Å². The molecule has 5 rings (SSSR count). The molecule has 2 heterocycles. The monoisotopic (exact) mass is 531 g/mol. The maximum atomic E-state index is 13.7. The van der Waals surface area contributed by atoms with Gasteiger partial charge in [-0.3, -0.25) is 4.79 Å². The zero-order valence-electron chi connectivity index (χ0n) is 21.1. The van der Waals surface area contributed by atoms with Crippen LogP contribution in [0.4, 0.5) is 11.6 Å². The Morgan fingerprint density at radius 1 is 1.05 bits per heavy atom. The summed E-state index contributed by atoms with van der Waals surface area (Å²) in [4.78, 5) is 18.1. The zero-order chi connectivity index (χ0) is 26.6. The third-order valence-electron chi connectivity index (χ3n) is 6.21. The number of halogens is 1. The van der Waals surface area contributed by atoms with Gasteiger partial charge in [0.25, 0.3) is 5.91 Å². The molecule has 0 saturated heterocycles. The van der Waals surface area contributed by atoms with E-state index in [9.17, 15) is 4.79 Å². The van der Waals surface area contributed by atoms with E-state index in [0.29, 0.717) is 50.7 Å².